The first kappa shape index (κ1) is 15.4. The van der Waals surface area contributed by atoms with Gasteiger partial charge < -0.3 is 10.4 Å². The van der Waals surface area contributed by atoms with Gasteiger partial charge in [0.15, 0.2) is 0 Å². The summed E-state index contributed by atoms with van der Waals surface area (Å²) in [6.07, 6.45) is 1.35. The highest BCUT2D eigenvalue weighted by atomic mass is 35.5. The summed E-state index contributed by atoms with van der Waals surface area (Å²) in [7, 11) is 0. The second-order valence-electron chi connectivity index (χ2n) is 5.38. The van der Waals surface area contributed by atoms with Gasteiger partial charge in [0.2, 0.25) is 0 Å². The van der Waals surface area contributed by atoms with E-state index in [-0.39, 0.29) is 5.91 Å². The molecule has 5 nitrogen and oxygen atoms in total. The molecule has 0 atom stereocenters. The molecule has 0 aliphatic rings. The van der Waals surface area contributed by atoms with Crippen LogP contribution in [0.15, 0.2) is 18.3 Å². The van der Waals surface area contributed by atoms with Gasteiger partial charge >= 0.3 is 5.97 Å². The molecule has 19 heavy (non-hydrogen) atoms. The quantitative estimate of drug-likeness (QED) is 0.832. The Hall–Kier alpha value is -1.62. The summed E-state index contributed by atoms with van der Waals surface area (Å²) < 4.78 is 0. The summed E-state index contributed by atoms with van der Waals surface area (Å²) in [5, 5.41) is 12.2. The molecule has 1 aromatic rings. The molecule has 0 saturated heterocycles. The first-order chi connectivity index (χ1) is 8.58. The molecule has 2 N–H and O–H groups in total. The summed E-state index contributed by atoms with van der Waals surface area (Å²) in [4.78, 5) is 27.1. The Kier molecular flexibility index (Phi) is 4.20. The van der Waals surface area contributed by atoms with Crippen molar-refractivity contribution >= 4 is 23.5 Å². The standard InChI is InChI=1S/C13H17ClN2O3/c1-12(2,11(18)19)13(3,4)16-10(17)8-5-6-9(14)15-7-8/h5-7H,1-4H3,(H,16,17)(H,18,19). The van der Waals surface area contributed by atoms with E-state index < -0.39 is 16.9 Å². The van der Waals surface area contributed by atoms with Gasteiger partial charge in [-0.3, -0.25) is 9.59 Å². The Bertz CT molecular complexity index is 495. The molecular weight excluding hydrogens is 268 g/mol. The lowest BCUT2D eigenvalue weighted by Crippen LogP contribution is -2.56. The monoisotopic (exact) mass is 284 g/mol. The van der Waals surface area contributed by atoms with Gasteiger partial charge in [0.25, 0.3) is 5.91 Å². The van der Waals surface area contributed by atoms with Crippen molar-refractivity contribution in [3.8, 4) is 0 Å². The van der Waals surface area contributed by atoms with E-state index in [0.717, 1.165) is 0 Å². The Balaban J connectivity index is 2.92. The number of aromatic nitrogens is 1. The molecule has 1 amide bonds. The van der Waals surface area contributed by atoms with Crippen LogP contribution in [0.4, 0.5) is 0 Å². The third kappa shape index (κ3) is 3.23. The van der Waals surface area contributed by atoms with Gasteiger partial charge in [-0.2, -0.15) is 0 Å². The van der Waals surface area contributed by atoms with Crippen LogP contribution in [0, 0.1) is 5.41 Å². The minimum atomic E-state index is -1.11. The number of aliphatic carboxylic acids is 1. The highest BCUT2D eigenvalue weighted by molar-refractivity contribution is 6.29. The maximum absolute atomic E-state index is 12.1. The fourth-order valence-corrected chi connectivity index (χ4v) is 1.40. The van der Waals surface area contributed by atoms with Crippen molar-refractivity contribution in [2.75, 3.05) is 0 Å². The number of hydrogen-bond donors (Lipinski definition) is 2. The van der Waals surface area contributed by atoms with Crippen LogP contribution in [0.2, 0.25) is 5.15 Å². The SMILES string of the molecule is CC(C)(NC(=O)c1ccc(Cl)nc1)C(C)(C)C(=O)O. The van der Waals surface area contributed by atoms with E-state index in [1.54, 1.807) is 27.7 Å². The number of carboxylic acid groups (broad SMARTS) is 1. The van der Waals surface area contributed by atoms with Crippen LogP contribution in [0.3, 0.4) is 0 Å². The molecule has 0 fully saturated rings. The van der Waals surface area contributed by atoms with Crippen LogP contribution in [-0.2, 0) is 4.79 Å². The predicted octanol–water partition coefficient (Wildman–Crippen LogP) is 2.35. The fraction of sp³-hybridized carbons (Fsp3) is 0.462. The van der Waals surface area contributed by atoms with Gasteiger partial charge in [-0.25, -0.2) is 4.98 Å². The zero-order chi connectivity index (χ0) is 14.8. The molecule has 1 heterocycles. The van der Waals surface area contributed by atoms with Crippen molar-refractivity contribution in [3.05, 3.63) is 29.0 Å². The normalized spacial score (nSPS) is 12.1. The molecule has 0 aromatic carbocycles. The predicted molar refractivity (Wildman–Crippen MR) is 72.2 cm³/mol. The third-order valence-corrected chi connectivity index (χ3v) is 3.74. The smallest absolute Gasteiger partial charge is 0.311 e. The summed E-state index contributed by atoms with van der Waals surface area (Å²) in [6, 6.07) is 3.04. The van der Waals surface area contributed by atoms with Crippen LogP contribution >= 0.6 is 11.6 Å². The van der Waals surface area contributed by atoms with Crippen molar-refractivity contribution < 1.29 is 14.7 Å². The summed E-state index contributed by atoms with van der Waals surface area (Å²) in [6.45, 7) is 6.47. The summed E-state index contributed by atoms with van der Waals surface area (Å²) >= 11 is 5.64. The van der Waals surface area contributed by atoms with Gasteiger partial charge in [0, 0.05) is 6.20 Å². The molecule has 0 aliphatic heterocycles. The Labute approximate surface area is 117 Å². The summed E-state index contributed by atoms with van der Waals surface area (Å²) in [5.74, 6) is -1.37. The number of carbonyl (C=O) groups is 2. The maximum Gasteiger partial charge on any atom is 0.311 e. The average molecular weight is 285 g/mol. The maximum atomic E-state index is 12.1. The lowest BCUT2D eigenvalue weighted by atomic mass is 9.74. The lowest BCUT2D eigenvalue weighted by Gasteiger charge is -2.38. The molecule has 0 aliphatic carbocycles. The molecule has 0 saturated carbocycles. The number of carboxylic acids is 1. The number of carbonyl (C=O) groups excluding carboxylic acids is 1. The van der Waals surface area contributed by atoms with Crippen LogP contribution in [0.1, 0.15) is 38.1 Å². The van der Waals surface area contributed by atoms with E-state index in [4.69, 9.17) is 11.6 Å². The highest BCUT2D eigenvalue weighted by Crippen LogP contribution is 2.30. The Morgan fingerprint density at radius 2 is 1.84 bits per heavy atom. The third-order valence-electron chi connectivity index (χ3n) is 3.51. The van der Waals surface area contributed by atoms with Crippen LogP contribution < -0.4 is 5.32 Å². The van der Waals surface area contributed by atoms with E-state index >= 15 is 0 Å². The largest absolute Gasteiger partial charge is 0.481 e. The lowest BCUT2D eigenvalue weighted by molar-refractivity contribution is -0.150. The number of nitrogens with one attached hydrogen (secondary N) is 1. The number of halogens is 1. The Morgan fingerprint density at radius 1 is 1.26 bits per heavy atom. The number of amides is 1. The fourth-order valence-electron chi connectivity index (χ4n) is 1.29. The van der Waals surface area contributed by atoms with E-state index in [1.807, 2.05) is 0 Å². The van der Waals surface area contributed by atoms with Gasteiger partial charge in [-0.1, -0.05) is 11.6 Å². The van der Waals surface area contributed by atoms with Crippen LogP contribution in [0.25, 0.3) is 0 Å². The molecule has 0 spiro atoms. The number of rotatable bonds is 4. The number of pyridine rings is 1. The van der Waals surface area contributed by atoms with Crippen molar-refractivity contribution in [2.45, 2.75) is 33.2 Å². The van der Waals surface area contributed by atoms with Gasteiger partial charge in [-0.05, 0) is 39.8 Å². The molecule has 0 bridgehead atoms. The van der Waals surface area contributed by atoms with Crippen molar-refractivity contribution in [1.82, 2.24) is 10.3 Å². The van der Waals surface area contributed by atoms with Crippen molar-refractivity contribution in [2.24, 2.45) is 5.41 Å². The molecule has 1 rings (SSSR count). The first-order valence-electron chi connectivity index (χ1n) is 5.75. The van der Waals surface area contributed by atoms with Gasteiger partial charge in [-0.15, -0.1) is 0 Å². The second-order valence-corrected chi connectivity index (χ2v) is 5.77. The summed E-state index contributed by atoms with van der Waals surface area (Å²) in [5.41, 5.74) is -1.70. The van der Waals surface area contributed by atoms with E-state index in [2.05, 4.69) is 10.3 Å². The number of nitrogens with zero attached hydrogens (tertiary/aromatic N) is 1. The van der Waals surface area contributed by atoms with E-state index in [9.17, 15) is 14.7 Å². The minimum absolute atomic E-state index is 0.293. The first-order valence-corrected chi connectivity index (χ1v) is 6.13. The minimum Gasteiger partial charge on any atom is -0.481 e. The van der Waals surface area contributed by atoms with Crippen molar-refractivity contribution in [3.63, 3.8) is 0 Å². The van der Waals surface area contributed by atoms with E-state index in [0.29, 0.717) is 10.7 Å². The van der Waals surface area contributed by atoms with Gasteiger partial charge in [0.1, 0.15) is 5.15 Å². The van der Waals surface area contributed by atoms with Crippen LogP contribution in [0.5, 0.6) is 0 Å². The average Bonchev–Trinajstić information content (AvgIpc) is 2.28. The molecule has 0 radical (unpaired) electrons. The molecule has 1 aromatic heterocycles. The molecule has 0 unspecified atom stereocenters. The topological polar surface area (TPSA) is 79.3 Å². The van der Waals surface area contributed by atoms with E-state index in [1.165, 1.54) is 18.3 Å². The number of hydrogen-bond acceptors (Lipinski definition) is 3. The zero-order valence-corrected chi connectivity index (χ0v) is 12.1. The molecular formula is C13H17ClN2O3. The zero-order valence-electron chi connectivity index (χ0n) is 11.3. The second kappa shape index (κ2) is 5.17. The Morgan fingerprint density at radius 3 is 2.26 bits per heavy atom. The molecule has 104 valence electrons. The van der Waals surface area contributed by atoms with Crippen LogP contribution in [-0.4, -0.2) is 27.5 Å². The van der Waals surface area contributed by atoms with Gasteiger partial charge in [0.05, 0.1) is 16.5 Å². The highest BCUT2D eigenvalue weighted by Gasteiger charge is 2.44. The van der Waals surface area contributed by atoms with Crippen molar-refractivity contribution in [1.29, 1.82) is 0 Å². The molecule has 6 heteroatoms.